The second-order valence-corrected chi connectivity index (χ2v) is 12.4. The predicted molar refractivity (Wildman–Crippen MR) is 219 cm³/mol. The van der Waals surface area contributed by atoms with Crippen molar-refractivity contribution in [3.05, 3.63) is 74.4 Å². The van der Waals surface area contributed by atoms with Gasteiger partial charge in [-0.25, -0.2) is 9.59 Å². The van der Waals surface area contributed by atoms with Gasteiger partial charge in [-0.3, -0.25) is 24.0 Å². The van der Waals surface area contributed by atoms with Crippen molar-refractivity contribution in [3.63, 3.8) is 0 Å². The van der Waals surface area contributed by atoms with Crippen LogP contribution in [0.25, 0.3) is 0 Å². The maximum atomic E-state index is 10.8. The van der Waals surface area contributed by atoms with Gasteiger partial charge in [-0.15, -0.1) is 0 Å². The molecule has 7 N–H and O–H groups in total. The van der Waals surface area contributed by atoms with Gasteiger partial charge in [-0.1, -0.05) is 71.3 Å². The highest BCUT2D eigenvalue weighted by Crippen LogP contribution is 2.03. The monoisotopic (exact) mass is 897 g/mol. The number of aliphatic carboxylic acids is 1. The average molecular weight is 900 g/mol. The Morgan fingerprint density at radius 1 is 0.759 bits per heavy atom. The Morgan fingerprint density at radius 3 is 1.35 bits per heavy atom. The molecule has 54 heavy (non-hydrogen) atoms. The molecule has 0 saturated carbocycles. The van der Waals surface area contributed by atoms with Crippen LogP contribution in [0.15, 0.2) is 74.4 Å². The number of carboxylic acids is 1. The van der Waals surface area contributed by atoms with E-state index in [-0.39, 0.29) is 46.0 Å². The van der Waals surface area contributed by atoms with E-state index in [1.807, 2.05) is 27.7 Å². The zero-order valence-electron chi connectivity index (χ0n) is 32.9. The molecule has 0 heterocycles. The van der Waals surface area contributed by atoms with E-state index in [0.29, 0.717) is 17.8 Å². The number of aliphatic hydroxyl groups is 2. The van der Waals surface area contributed by atoms with Gasteiger partial charge >= 0.3 is 11.9 Å². The maximum Gasteiger partial charge on any atom is 0.353 e. The average Bonchev–Trinajstić information content (AvgIpc) is 3.10. The third-order valence-electron chi connectivity index (χ3n) is 4.85. The number of likely N-dealkylation sites (N-methyl/N-ethyl adjacent to an activating group) is 2. The van der Waals surface area contributed by atoms with Gasteiger partial charge < -0.3 is 46.2 Å². The summed E-state index contributed by atoms with van der Waals surface area (Å²) in [4.78, 5) is 75.0. The molecule has 0 radical (unpaired) electrons. The highest BCUT2D eigenvalue weighted by molar-refractivity contribution is 9.12. The summed E-state index contributed by atoms with van der Waals surface area (Å²) in [6.45, 7) is 35.8. The lowest BCUT2D eigenvalue weighted by Crippen LogP contribution is -2.40. The summed E-state index contributed by atoms with van der Waals surface area (Å²) in [5, 5.41) is 35.2. The van der Waals surface area contributed by atoms with Crippen LogP contribution in [0.5, 0.6) is 0 Å². The second-order valence-electron chi connectivity index (χ2n) is 10.5. The number of carbonyl (C=O) groups excluding carboxylic acids is 6. The number of nitrogens with zero attached hydrogens (tertiary/aromatic N) is 1. The molecule has 0 aliphatic carbocycles. The number of carboxylic acid groups (broad SMARTS) is 1. The number of ether oxygens (including phenoxy) is 1. The van der Waals surface area contributed by atoms with Crippen molar-refractivity contribution in [2.24, 2.45) is 0 Å². The molecule has 0 aromatic rings. The number of aliphatic hydroxyl groups excluding tert-OH is 2. The zero-order valence-corrected chi connectivity index (χ0v) is 36.1. The van der Waals surface area contributed by atoms with E-state index >= 15 is 0 Å². The molecule has 16 nitrogen and oxygen atoms in total. The molecule has 310 valence electrons. The molecule has 18 heteroatoms. The normalized spacial score (nSPS) is 10.5. The first-order chi connectivity index (χ1) is 24.8. The van der Waals surface area contributed by atoms with Gasteiger partial charge in [-0.05, 0) is 67.5 Å². The van der Waals surface area contributed by atoms with E-state index in [0.717, 1.165) is 24.5 Å². The van der Waals surface area contributed by atoms with Crippen molar-refractivity contribution in [3.8, 4) is 0 Å². The summed E-state index contributed by atoms with van der Waals surface area (Å²) < 4.78 is 4.71. The molecular weight excluding hydrogens is 838 g/mol. The Bertz CT molecular complexity index is 1200. The molecule has 0 spiro atoms. The van der Waals surface area contributed by atoms with Crippen molar-refractivity contribution >= 4 is 73.3 Å². The molecule has 3 unspecified atom stereocenters. The van der Waals surface area contributed by atoms with Crippen LogP contribution in [-0.4, -0.2) is 117 Å². The largest absolute Gasteiger partial charge is 0.478 e. The van der Waals surface area contributed by atoms with Crippen LogP contribution < -0.4 is 21.3 Å². The number of carbonyl (C=O) groups is 7. The number of nitrogens with one attached hydrogen (secondary N) is 4. The summed E-state index contributed by atoms with van der Waals surface area (Å²) >= 11 is 6.50. The van der Waals surface area contributed by atoms with E-state index < -0.39 is 24.3 Å². The van der Waals surface area contributed by atoms with E-state index in [9.17, 15) is 33.6 Å². The zero-order chi connectivity index (χ0) is 44.1. The van der Waals surface area contributed by atoms with Gasteiger partial charge in [0.25, 0.3) is 0 Å². The van der Waals surface area contributed by atoms with Crippen molar-refractivity contribution in [1.29, 1.82) is 0 Å². The minimum atomic E-state index is -1.86. The van der Waals surface area contributed by atoms with Crippen LogP contribution >= 0.6 is 31.9 Å². The van der Waals surface area contributed by atoms with Crippen molar-refractivity contribution < 1.29 is 53.6 Å². The van der Waals surface area contributed by atoms with Crippen molar-refractivity contribution in [1.82, 2.24) is 26.2 Å². The Kier molecular flexibility index (Phi) is 45.4. The van der Waals surface area contributed by atoms with Crippen LogP contribution in [0, 0.1) is 0 Å². The number of esters is 1. The summed E-state index contributed by atoms with van der Waals surface area (Å²) in [6, 6.07) is 0.203. The Balaban J connectivity index is -0.000000129. The van der Waals surface area contributed by atoms with Gasteiger partial charge in [0.15, 0.2) is 0 Å². The predicted octanol–water partition coefficient (Wildman–Crippen LogP) is 3.02. The Labute approximate surface area is 337 Å². The SMILES string of the molecule is C=C(C)C(=O)NC(C)C.C=C(C)C(=O)NC(C)O.C=C(C)C(=O)NC(O)C(=O)O.C=CC(=O)N(CC)CC.C=CC(=O)NC.C=CC(=O)OCC(Br)CBr. The molecule has 0 rings (SSSR count). The van der Waals surface area contributed by atoms with E-state index in [1.54, 1.807) is 31.1 Å². The lowest BCUT2D eigenvalue weighted by Gasteiger charge is -2.15. The van der Waals surface area contributed by atoms with Gasteiger partial charge in [0, 0.05) is 54.3 Å². The van der Waals surface area contributed by atoms with Crippen LogP contribution in [0.3, 0.4) is 0 Å². The van der Waals surface area contributed by atoms with Gasteiger partial charge in [-0.2, -0.15) is 0 Å². The van der Waals surface area contributed by atoms with Crippen LogP contribution in [0.2, 0.25) is 0 Å². The van der Waals surface area contributed by atoms with Crippen LogP contribution in [0.1, 0.15) is 55.4 Å². The first kappa shape index (κ1) is 61.6. The minimum absolute atomic E-state index is 0.0139. The minimum Gasteiger partial charge on any atom is -0.478 e. The van der Waals surface area contributed by atoms with Gasteiger partial charge in [0.05, 0.1) is 4.83 Å². The number of halogens is 2. The van der Waals surface area contributed by atoms with E-state index in [4.69, 9.17) is 20.1 Å². The Hall–Kier alpha value is -4.39. The van der Waals surface area contributed by atoms with Crippen molar-refractivity contribution in [2.45, 2.75) is 78.7 Å². The third kappa shape index (κ3) is 47.6. The molecule has 0 aromatic heterocycles. The summed E-state index contributed by atoms with van der Waals surface area (Å²) in [5.41, 5.74) is 1.10. The number of amides is 5. The van der Waals surface area contributed by atoms with Crippen LogP contribution in [-0.2, 0) is 38.3 Å². The molecule has 0 aliphatic heterocycles. The molecule has 0 saturated heterocycles. The third-order valence-corrected chi connectivity index (χ3v) is 7.08. The van der Waals surface area contributed by atoms with Crippen LogP contribution in [0.4, 0.5) is 0 Å². The molecule has 0 aliphatic rings. The molecule has 0 bridgehead atoms. The lowest BCUT2D eigenvalue weighted by atomic mass is 10.3. The molecular formula is C36H61Br2N5O11. The fourth-order valence-electron chi connectivity index (χ4n) is 2.05. The van der Waals surface area contributed by atoms with E-state index in [1.165, 1.54) is 26.0 Å². The fourth-order valence-corrected chi connectivity index (χ4v) is 2.37. The number of alkyl halides is 2. The first-order valence-electron chi connectivity index (χ1n) is 16.0. The van der Waals surface area contributed by atoms with E-state index in [2.05, 4.69) is 87.3 Å². The quantitative estimate of drug-likeness (QED) is 0.0546. The molecule has 0 aromatic carbocycles. The first-order valence-corrected chi connectivity index (χ1v) is 18.1. The molecule has 0 fully saturated rings. The number of hydrogen-bond donors (Lipinski definition) is 7. The standard InChI is InChI=1S/2C7H13NO.C6H8Br2O2.C6H9NO4.C6H11NO2.C4H7NO/c1-5(2)7(9)8-6(3)4;1-4-7(9)8(5-2)6-3;1-2-6(9)10-4-5(8)3-7;1-3(2)4(8)7-5(9)6(10)11;1-4(2)6(9)7-5(3)8;1-3-4(6)5-2/h6H,1H2,2-4H3,(H,8,9);4H,1,5-6H2,2-3H3;2,5H,1,3-4H2;5,9H,1H2,2H3,(H,7,8)(H,10,11);5,8H,1H2,2-3H3,(H,7,9);3H,1H2,2H3,(H,5,6). The smallest absolute Gasteiger partial charge is 0.353 e. The summed E-state index contributed by atoms with van der Waals surface area (Å²) in [6.07, 6.45) is 1.05. The Morgan fingerprint density at radius 2 is 1.17 bits per heavy atom. The number of rotatable bonds is 15. The van der Waals surface area contributed by atoms with Gasteiger partial charge in [0.2, 0.25) is 35.8 Å². The summed E-state index contributed by atoms with van der Waals surface area (Å²) in [7, 11) is 1.56. The summed E-state index contributed by atoms with van der Waals surface area (Å²) in [5.74, 6) is -3.07. The lowest BCUT2D eigenvalue weighted by molar-refractivity contribution is -0.150. The number of hydrogen-bond acceptors (Lipinski definition) is 10. The fraction of sp³-hybridized carbons (Fsp3) is 0.472. The topological polar surface area (TPSA) is 241 Å². The highest BCUT2D eigenvalue weighted by atomic mass is 79.9. The second kappa shape index (κ2) is 39.8. The van der Waals surface area contributed by atoms with Crippen molar-refractivity contribution in [2.75, 3.05) is 32.1 Å². The molecule has 5 amide bonds. The van der Waals surface area contributed by atoms with Gasteiger partial charge in [0.1, 0.15) is 12.8 Å². The highest BCUT2D eigenvalue weighted by Gasteiger charge is 2.15. The molecule has 3 atom stereocenters. The maximum absolute atomic E-state index is 10.8.